The van der Waals surface area contributed by atoms with Crippen molar-refractivity contribution in [2.24, 2.45) is 0 Å². The van der Waals surface area contributed by atoms with Crippen LogP contribution in [0.25, 0.3) is 0 Å². The Morgan fingerprint density at radius 1 is 1.14 bits per heavy atom. The number of nitrogens with zero attached hydrogens (tertiary/aromatic N) is 1. The lowest BCUT2D eigenvalue weighted by molar-refractivity contribution is -0.275. The van der Waals surface area contributed by atoms with Crippen LogP contribution >= 0.6 is 0 Å². The summed E-state index contributed by atoms with van der Waals surface area (Å²) < 4.78 is 87.0. The van der Waals surface area contributed by atoms with Gasteiger partial charge in [-0.15, -0.1) is 13.2 Å². The maximum atomic E-state index is 12.9. The summed E-state index contributed by atoms with van der Waals surface area (Å²) >= 11 is 0. The second-order valence-electron chi connectivity index (χ2n) is 3.42. The van der Waals surface area contributed by atoms with Gasteiger partial charge in [-0.3, -0.25) is 0 Å². The van der Waals surface area contributed by atoms with E-state index in [1.54, 1.807) is 0 Å². The highest BCUT2D eigenvalue weighted by molar-refractivity contribution is 5.90. The van der Waals surface area contributed by atoms with E-state index in [-0.39, 0.29) is 6.20 Å². The van der Waals surface area contributed by atoms with E-state index in [2.05, 4.69) is 19.2 Å². The van der Waals surface area contributed by atoms with E-state index >= 15 is 0 Å². The van der Waals surface area contributed by atoms with Gasteiger partial charge >= 0.3 is 18.5 Å². The first-order chi connectivity index (χ1) is 9.51. The highest BCUT2D eigenvalue weighted by Crippen LogP contribution is 2.44. The van der Waals surface area contributed by atoms with E-state index in [9.17, 15) is 31.1 Å². The standard InChI is InChI=1S/C10H7F6NO4/c1-19-7-4(21-10(14,15)16)3-17-6(8(18)20-2)5(7)9(11,12)13/h3H,1-2H3. The van der Waals surface area contributed by atoms with Crippen molar-refractivity contribution in [2.45, 2.75) is 12.5 Å². The molecule has 5 nitrogen and oxygen atoms in total. The second kappa shape index (κ2) is 5.66. The predicted octanol–water partition coefficient (Wildman–Crippen LogP) is 2.79. The van der Waals surface area contributed by atoms with Gasteiger partial charge in [0.15, 0.2) is 17.2 Å². The molecule has 0 saturated heterocycles. The molecule has 11 heteroatoms. The fraction of sp³-hybridized carbons (Fsp3) is 0.400. The number of carbonyl (C=O) groups excluding carboxylic acids is 1. The van der Waals surface area contributed by atoms with Crippen molar-refractivity contribution < 1.29 is 45.3 Å². The number of ether oxygens (including phenoxy) is 3. The fourth-order valence-electron chi connectivity index (χ4n) is 1.39. The molecule has 0 atom stereocenters. The van der Waals surface area contributed by atoms with Crippen molar-refractivity contribution >= 4 is 5.97 Å². The number of methoxy groups -OCH3 is 2. The maximum Gasteiger partial charge on any atom is 0.573 e. The number of rotatable bonds is 3. The Kier molecular flexibility index (Phi) is 4.54. The smallest absolute Gasteiger partial charge is 0.492 e. The minimum absolute atomic E-state index is 0.286. The molecule has 0 N–H and O–H groups in total. The third kappa shape index (κ3) is 3.89. The number of alkyl halides is 6. The quantitative estimate of drug-likeness (QED) is 0.633. The zero-order valence-electron chi connectivity index (χ0n) is 10.4. The molecular weight excluding hydrogens is 312 g/mol. The molecule has 0 bridgehead atoms. The van der Waals surface area contributed by atoms with Gasteiger partial charge in [0.2, 0.25) is 0 Å². The lowest BCUT2D eigenvalue weighted by Crippen LogP contribution is -2.22. The summed E-state index contributed by atoms with van der Waals surface area (Å²) in [6, 6.07) is 0. The van der Waals surface area contributed by atoms with Crippen LogP contribution in [0.15, 0.2) is 6.20 Å². The van der Waals surface area contributed by atoms with Gasteiger partial charge in [-0.2, -0.15) is 13.2 Å². The average molecular weight is 319 g/mol. The summed E-state index contributed by atoms with van der Waals surface area (Å²) in [4.78, 5) is 14.3. The van der Waals surface area contributed by atoms with Crippen molar-refractivity contribution in [1.29, 1.82) is 0 Å². The molecule has 0 aromatic carbocycles. The fourth-order valence-corrected chi connectivity index (χ4v) is 1.39. The van der Waals surface area contributed by atoms with Crippen LogP contribution in [0, 0.1) is 0 Å². The normalized spacial score (nSPS) is 12.0. The van der Waals surface area contributed by atoms with Gasteiger partial charge in [0, 0.05) is 0 Å². The molecule has 0 saturated carbocycles. The Labute approximate surface area is 113 Å². The molecule has 0 fully saturated rings. The van der Waals surface area contributed by atoms with E-state index in [1.807, 2.05) is 0 Å². The van der Waals surface area contributed by atoms with Crippen molar-refractivity contribution in [1.82, 2.24) is 4.98 Å². The monoisotopic (exact) mass is 319 g/mol. The van der Waals surface area contributed by atoms with Gasteiger partial charge in [-0.1, -0.05) is 0 Å². The summed E-state index contributed by atoms with van der Waals surface area (Å²) in [5, 5.41) is 0. The molecule has 0 radical (unpaired) electrons. The first kappa shape index (κ1) is 16.9. The van der Waals surface area contributed by atoms with Crippen LogP contribution in [-0.4, -0.2) is 31.5 Å². The number of hydrogen-bond donors (Lipinski definition) is 0. The summed E-state index contributed by atoms with van der Waals surface area (Å²) in [5.74, 6) is -4.14. The molecule has 0 spiro atoms. The van der Waals surface area contributed by atoms with Crippen molar-refractivity contribution in [3.63, 3.8) is 0 Å². The minimum Gasteiger partial charge on any atom is -0.492 e. The van der Waals surface area contributed by atoms with E-state index in [0.29, 0.717) is 7.11 Å². The topological polar surface area (TPSA) is 57.7 Å². The van der Waals surface area contributed by atoms with Gasteiger partial charge in [0.25, 0.3) is 0 Å². The predicted molar refractivity (Wildman–Crippen MR) is 53.8 cm³/mol. The Hall–Kier alpha value is -2.20. The van der Waals surface area contributed by atoms with Crippen molar-refractivity contribution in [3.8, 4) is 11.5 Å². The minimum atomic E-state index is -5.26. The number of pyridine rings is 1. The van der Waals surface area contributed by atoms with E-state index in [4.69, 9.17) is 0 Å². The SMILES string of the molecule is COC(=O)c1ncc(OC(F)(F)F)c(OC)c1C(F)(F)F. The number of carbonyl (C=O) groups is 1. The first-order valence-corrected chi connectivity index (χ1v) is 4.99. The number of hydrogen-bond acceptors (Lipinski definition) is 5. The Bertz CT molecular complexity index is 540. The van der Waals surface area contributed by atoms with Gasteiger partial charge in [0.1, 0.15) is 5.56 Å². The van der Waals surface area contributed by atoms with Crippen LogP contribution in [-0.2, 0) is 10.9 Å². The average Bonchev–Trinajstić information content (AvgIpc) is 2.34. The molecule has 1 rings (SSSR count). The molecule has 1 aromatic heterocycles. The molecule has 0 aliphatic carbocycles. The Balaban J connectivity index is 3.58. The maximum absolute atomic E-state index is 12.9. The van der Waals surface area contributed by atoms with Crippen LogP contribution in [0.1, 0.15) is 16.1 Å². The lowest BCUT2D eigenvalue weighted by Gasteiger charge is -2.18. The van der Waals surface area contributed by atoms with Gasteiger partial charge in [0.05, 0.1) is 20.4 Å². The van der Waals surface area contributed by atoms with E-state index in [1.165, 1.54) is 0 Å². The molecule has 0 aliphatic heterocycles. The Morgan fingerprint density at radius 3 is 2.10 bits per heavy atom. The summed E-state index contributed by atoms with van der Waals surface area (Å²) in [6.45, 7) is 0. The summed E-state index contributed by atoms with van der Waals surface area (Å²) in [7, 11) is 1.48. The third-order valence-electron chi connectivity index (χ3n) is 2.09. The van der Waals surface area contributed by atoms with E-state index in [0.717, 1.165) is 7.11 Å². The van der Waals surface area contributed by atoms with E-state index < -0.39 is 41.3 Å². The molecule has 0 aliphatic rings. The molecule has 21 heavy (non-hydrogen) atoms. The van der Waals surface area contributed by atoms with Crippen molar-refractivity contribution in [3.05, 3.63) is 17.5 Å². The molecule has 118 valence electrons. The van der Waals surface area contributed by atoms with Crippen LogP contribution < -0.4 is 9.47 Å². The van der Waals surface area contributed by atoms with Crippen LogP contribution in [0.5, 0.6) is 11.5 Å². The molecule has 0 amide bonds. The molecular formula is C10H7F6NO4. The number of esters is 1. The first-order valence-electron chi connectivity index (χ1n) is 4.99. The zero-order chi connectivity index (χ0) is 16.4. The molecule has 1 heterocycles. The van der Waals surface area contributed by atoms with Gasteiger partial charge in [-0.25, -0.2) is 9.78 Å². The Morgan fingerprint density at radius 2 is 1.71 bits per heavy atom. The van der Waals surface area contributed by atoms with Crippen LogP contribution in [0.3, 0.4) is 0 Å². The molecule has 1 aromatic rings. The van der Waals surface area contributed by atoms with Crippen molar-refractivity contribution in [2.75, 3.05) is 14.2 Å². The van der Waals surface area contributed by atoms with Gasteiger partial charge in [-0.05, 0) is 0 Å². The molecule has 0 unspecified atom stereocenters. The zero-order valence-corrected chi connectivity index (χ0v) is 10.4. The highest BCUT2D eigenvalue weighted by Gasteiger charge is 2.43. The number of aromatic nitrogens is 1. The van der Waals surface area contributed by atoms with Crippen LogP contribution in [0.2, 0.25) is 0 Å². The summed E-state index contributed by atoms with van der Waals surface area (Å²) in [5.41, 5.74) is -3.06. The highest BCUT2D eigenvalue weighted by atomic mass is 19.4. The second-order valence-corrected chi connectivity index (χ2v) is 3.42. The third-order valence-corrected chi connectivity index (χ3v) is 2.09. The number of halogens is 6. The summed E-state index contributed by atoms with van der Waals surface area (Å²) in [6.07, 6.45) is -10.2. The largest absolute Gasteiger partial charge is 0.573 e. The van der Waals surface area contributed by atoms with Crippen LogP contribution in [0.4, 0.5) is 26.3 Å². The lowest BCUT2D eigenvalue weighted by atomic mass is 10.1. The van der Waals surface area contributed by atoms with Gasteiger partial charge < -0.3 is 14.2 Å².